The molecule has 0 aliphatic heterocycles. The minimum atomic E-state index is 0.580. The number of rotatable bonds is 3. The molecule has 2 aromatic heterocycles. The first kappa shape index (κ1) is 23.8. The van der Waals surface area contributed by atoms with Crippen molar-refractivity contribution in [2.24, 2.45) is 0 Å². The Hall–Kier alpha value is -6.10. The van der Waals surface area contributed by atoms with E-state index in [4.69, 9.17) is 0 Å². The van der Waals surface area contributed by atoms with Crippen molar-refractivity contribution >= 4 is 43.6 Å². The first-order valence-electron chi connectivity index (χ1n) is 13.8. The lowest BCUT2D eigenvalue weighted by atomic mass is 9.98. The van der Waals surface area contributed by atoms with Gasteiger partial charge in [0.25, 0.3) is 0 Å². The second kappa shape index (κ2) is 9.24. The molecule has 4 heteroatoms. The quantitative estimate of drug-likeness (QED) is 0.227. The van der Waals surface area contributed by atoms with Crippen molar-refractivity contribution in [3.63, 3.8) is 0 Å². The SMILES string of the molecule is N#Cc1ccc(-c2ccc(-n3c4ccccc4c4ccccc43)c(C#N)c2)c(-n2c3ccccc3c3ccccc32)c1. The van der Waals surface area contributed by atoms with Gasteiger partial charge in [0.15, 0.2) is 0 Å². The van der Waals surface area contributed by atoms with E-state index >= 15 is 0 Å². The van der Waals surface area contributed by atoms with E-state index in [1.807, 2.05) is 54.6 Å². The van der Waals surface area contributed by atoms with Gasteiger partial charge in [-0.3, -0.25) is 0 Å². The monoisotopic (exact) mass is 534 g/mol. The largest absolute Gasteiger partial charge is 0.309 e. The predicted molar refractivity (Wildman–Crippen MR) is 170 cm³/mol. The van der Waals surface area contributed by atoms with Crippen molar-refractivity contribution in [3.8, 4) is 34.6 Å². The Kier molecular flexibility index (Phi) is 5.22. The van der Waals surface area contributed by atoms with Gasteiger partial charge in [0.1, 0.15) is 6.07 Å². The molecule has 0 aliphatic rings. The van der Waals surface area contributed by atoms with E-state index in [2.05, 4.69) is 100 Å². The lowest BCUT2D eigenvalue weighted by Gasteiger charge is -2.16. The van der Waals surface area contributed by atoms with Crippen LogP contribution < -0.4 is 0 Å². The van der Waals surface area contributed by atoms with Crippen molar-refractivity contribution in [2.45, 2.75) is 0 Å². The second-order valence-electron chi connectivity index (χ2n) is 10.4. The van der Waals surface area contributed by atoms with E-state index < -0.39 is 0 Å². The number of hydrogen-bond acceptors (Lipinski definition) is 2. The van der Waals surface area contributed by atoms with Crippen LogP contribution in [0.3, 0.4) is 0 Å². The van der Waals surface area contributed by atoms with E-state index in [-0.39, 0.29) is 0 Å². The molecule has 2 heterocycles. The third-order valence-electron chi connectivity index (χ3n) is 8.20. The summed E-state index contributed by atoms with van der Waals surface area (Å²) < 4.78 is 4.41. The molecular weight excluding hydrogens is 512 g/mol. The summed E-state index contributed by atoms with van der Waals surface area (Å²) in [6.07, 6.45) is 0. The second-order valence-corrected chi connectivity index (χ2v) is 10.4. The van der Waals surface area contributed by atoms with E-state index in [0.29, 0.717) is 11.1 Å². The summed E-state index contributed by atoms with van der Waals surface area (Å²) >= 11 is 0. The molecule has 0 atom stereocenters. The van der Waals surface area contributed by atoms with Gasteiger partial charge in [-0.2, -0.15) is 10.5 Å². The van der Waals surface area contributed by atoms with E-state index in [9.17, 15) is 10.5 Å². The summed E-state index contributed by atoms with van der Waals surface area (Å²) in [5, 5.41) is 24.9. The maximum absolute atomic E-state index is 10.4. The molecule has 0 N–H and O–H groups in total. The van der Waals surface area contributed by atoms with Crippen LogP contribution in [0.15, 0.2) is 133 Å². The maximum Gasteiger partial charge on any atom is 0.101 e. The summed E-state index contributed by atoms with van der Waals surface area (Å²) in [4.78, 5) is 0. The molecular formula is C38H22N4. The van der Waals surface area contributed by atoms with Crippen molar-refractivity contribution in [2.75, 3.05) is 0 Å². The molecule has 8 rings (SSSR count). The normalized spacial score (nSPS) is 11.3. The van der Waals surface area contributed by atoms with Crippen LogP contribution in [0, 0.1) is 22.7 Å². The van der Waals surface area contributed by atoms with Crippen molar-refractivity contribution < 1.29 is 0 Å². The third kappa shape index (κ3) is 3.40. The zero-order chi connectivity index (χ0) is 28.2. The first-order chi connectivity index (χ1) is 20.8. The molecule has 0 amide bonds. The molecule has 0 fully saturated rings. The molecule has 42 heavy (non-hydrogen) atoms. The molecule has 8 aromatic rings. The Labute approximate surface area is 242 Å². The number of fused-ring (bicyclic) bond motifs is 6. The van der Waals surface area contributed by atoms with Gasteiger partial charge in [0, 0.05) is 27.1 Å². The number of para-hydroxylation sites is 4. The van der Waals surface area contributed by atoms with Gasteiger partial charge in [0.05, 0.1) is 50.6 Å². The van der Waals surface area contributed by atoms with Gasteiger partial charge < -0.3 is 9.13 Å². The molecule has 6 aromatic carbocycles. The molecule has 0 spiro atoms. The number of nitriles is 2. The maximum atomic E-state index is 10.4. The first-order valence-corrected chi connectivity index (χ1v) is 13.8. The Morgan fingerprint density at radius 1 is 0.429 bits per heavy atom. The Bertz CT molecular complexity index is 2340. The van der Waals surface area contributed by atoms with Gasteiger partial charge in [-0.15, -0.1) is 0 Å². The molecule has 0 bridgehead atoms. The lowest BCUT2D eigenvalue weighted by molar-refractivity contribution is 1.16. The average molecular weight is 535 g/mol. The Morgan fingerprint density at radius 3 is 1.38 bits per heavy atom. The van der Waals surface area contributed by atoms with Gasteiger partial charge in [0.2, 0.25) is 0 Å². The highest BCUT2D eigenvalue weighted by molar-refractivity contribution is 6.10. The molecule has 0 aliphatic carbocycles. The van der Waals surface area contributed by atoms with Crippen LogP contribution in [0.2, 0.25) is 0 Å². The topological polar surface area (TPSA) is 57.4 Å². The van der Waals surface area contributed by atoms with Crippen LogP contribution in [0.25, 0.3) is 66.1 Å². The molecule has 194 valence electrons. The molecule has 0 saturated carbocycles. The fourth-order valence-electron chi connectivity index (χ4n) is 6.38. The zero-order valence-electron chi connectivity index (χ0n) is 22.5. The van der Waals surface area contributed by atoms with Crippen molar-refractivity contribution in [1.29, 1.82) is 10.5 Å². The minimum absolute atomic E-state index is 0.580. The fourth-order valence-corrected chi connectivity index (χ4v) is 6.38. The smallest absolute Gasteiger partial charge is 0.101 e. The van der Waals surface area contributed by atoms with Crippen LogP contribution in [-0.4, -0.2) is 9.13 Å². The predicted octanol–water partition coefficient (Wildman–Crippen LogP) is 9.29. The summed E-state index contributed by atoms with van der Waals surface area (Å²) in [5.74, 6) is 0. The summed E-state index contributed by atoms with van der Waals surface area (Å²) in [7, 11) is 0. The summed E-state index contributed by atoms with van der Waals surface area (Å²) in [6, 6.07) is 50.0. The van der Waals surface area contributed by atoms with Gasteiger partial charge in [-0.1, -0.05) is 84.9 Å². The number of aromatic nitrogens is 2. The van der Waals surface area contributed by atoms with E-state index in [1.54, 1.807) is 0 Å². The van der Waals surface area contributed by atoms with E-state index in [1.165, 1.54) is 0 Å². The van der Waals surface area contributed by atoms with Crippen LogP contribution in [0.4, 0.5) is 0 Å². The standard InChI is InChI=1S/C38H22N4/c39-23-25-17-19-28(38(21-25)42-36-15-7-3-11-31(36)32-12-4-8-16-37(32)42)26-18-20-33(27(22-26)24-40)41-34-13-5-1-9-29(34)30-10-2-6-14-35(30)41/h1-22H. The molecule has 0 radical (unpaired) electrons. The van der Waals surface area contributed by atoms with Crippen LogP contribution in [-0.2, 0) is 0 Å². The average Bonchev–Trinajstić information content (AvgIpc) is 3.57. The Morgan fingerprint density at radius 2 is 0.905 bits per heavy atom. The molecule has 0 unspecified atom stereocenters. The van der Waals surface area contributed by atoms with Crippen LogP contribution >= 0.6 is 0 Å². The molecule has 4 nitrogen and oxygen atoms in total. The van der Waals surface area contributed by atoms with Crippen LogP contribution in [0.5, 0.6) is 0 Å². The minimum Gasteiger partial charge on any atom is -0.309 e. The highest BCUT2D eigenvalue weighted by atomic mass is 15.0. The summed E-state index contributed by atoms with van der Waals surface area (Å²) in [5.41, 5.74) is 9.03. The molecule has 0 saturated heterocycles. The van der Waals surface area contributed by atoms with Crippen LogP contribution in [0.1, 0.15) is 11.1 Å². The van der Waals surface area contributed by atoms with E-state index in [0.717, 1.165) is 66.1 Å². The highest BCUT2D eigenvalue weighted by Crippen LogP contribution is 2.38. The fraction of sp³-hybridized carbons (Fsp3) is 0. The van der Waals surface area contributed by atoms with Crippen molar-refractivity contribution in [1.82, 2.24) is 9.13 Å². The number of benzene rings is 6. The van der Waals surface area contributed by atoms with Gasteiger partial charge >= 0.3 is 0 Å². The van der Waals surface area contributed by atoms with Gasteiger partial charge in [-0.05, 0) is 54.1 Å². The summed E-state index contributed by atoms with van der Waals surface area (Å²) in [6.45, 7) is 0. The number of nitrogens with zero attached hydrogens (tertiary/aromatic N) is 4. The lowest BCUT2D eigenvalue weighted by Crippen LogP contribution is -2.00. The third-order valence-corrected chi connectivity index (χ3v) is 8.20. The highest BCUT2D eigenvalue weighted by Gasteiger charge is 2.19. The Balaban J connectivity index is 1.39. The van der Waals surface area contributed by atoms with Crippen molar-refractivity contribution in [3.05, 3.63) is 145 Å². The number of hydrogen-bond donors (Lipinski definition) is 0. The van der Waals surface area contributed by atoms with Gasteiger partial charge in [-0.25, -0.2) is 0 Å². The zero-order valence-corrected chi connectivity index (χ0v) is 22.5.